The third kappa shape index (κ3) is 3.30. The molecule has 1 fully saturated rings. The number of rotatable bonds is 6. The van der Waals surface area contributed by atoms with Gasteiger partial charge in [0.1, 0.15) is 5.75 Å². The molecule has 1 aliphatic rings. The van der Waals surface area contributed by atoms with Crippen molar-refractivity contribution < 1.29 is 9.53 Å². The van der Waals surface area contributed by atoms with Crippen LogP contribution in [0.15, 0.2) is 24.3 Å². The number of hydrogen-bond acceptors (Lipinski definition) is 3. The van der Waals surface area contributed by atoms with Crippen molar-refractivity contribution in [3.8, 4) is 5.75 Å². The summed E-state index contributed by atoms with van der Waals surface area (Å²) < 4.78 is 5.64. The Morgan fingerprint density at radius 3 is 2.59 bits per heavy atom. The van der Waals surface area contributed by atoms with Crippen LogP contribution in [0.2, 0.25) is 0 Å². The summed E-state index contributed by atoms with van der Waals surface area (Å²) in [5.74, 6) is 1.01. The normalized spacial score (nSPS) is 16.6. The highest BCUT2D eigenvalue weighted by molar-refractivity contribution is 5.97. The Labute approximate surface area is 102 Å². The molecule has 0 heterocycles. The summed E-state index contributed by atoms with van der Waals surface area (Å²) in [6.07, 6.45) is 3.43. The average Bonchev–Trinajstić information content (AvgIpc) is 3.13. The SMILES string of the molecule is CC(CCN)C(=O)c1ccc(OC2CC2)cc1. The summed E-state index contributed by atoms with van der Waals surface area (Å²) in [6, 6.07) is 7.43. The first-order valence-electron chi connectivity index (χ1n) is 6.21. The molecule has 2 rings (SSSR count). The van der Waals surface area contributed by atoms with Gasteiger partial charge in [0, 0.05) is 11.5 Å². The van der Waals surface area contributed by atoms with Gasteiger partial charge in [-0.2, -0.15) is 0 Å². The van der Waals surface area contributed by atoms with Crippen LogP contribution in [0.5, 0.6) is 5.75 Å². The molecular weight excluding hydrogens is 214 g/mol. The monoisotopic (exact) mass is 233 g/mol. The van der Waals surface area contributed by atoms with Crippen molar-refractivity contribution in [2.75, 3.05) is 6.54 Å². The van der Waals surface area contributed by atoms with Gasteiger partial charge in [0.25, 0.3) is 0 Å². The van der Waals surface area contributed by atoms with Crippen molar-refractivity contribution in [1.29, 1.82) is 0 Å². The van der Waals surface area contributed by atoms with Crippen molar-refractivity contribution in [3.63, 3.8) is 0 Å². The largest absolute Gasteiger partial charge is 0.490 e. The summed E-state index contributed by atoms with van der Waals surface area (Å²) in [7, 11) is 0. The number of Topliss-reactive ketones (excluding diaryl/α,β-unsaturated/α-hetero) is 1. The highest BCUT2D eigenvalue weighted by Crippen LogP contribution is 2.27. The van der Waals surface area contributed by atoms with Gasteiger partial charge in [-0.25, -0.2) is 0 Å². The molecule has 1 aromatic rings. The second-order valence-corrected chi connectivity index (χ2v) is 4.68. The molecule has 1 unspecified atom stereocenters. The number of ketones is 1. The lowest BCUT2D eigenvalue weighted by Crippen LogP contribution is -2.15. The Morgan fingerprint density at radius 2 is 2.06 bits per heavy atom. The quantitative estimate of drug-likeness (QED) is 0.767. The van der Waals surface area contributed by atoms with Gasteiger partial charge in [-0.15, -0.1) is 0 Å². The molecule has 0 spiro atoms. The van der Waals surface area contributed by atoms with Crippen LogP contribution in [0.1, 0.15) is 36.5 Å². The molecule has 0 amide bonds. The standard InChI is InChI=1S/C14H19NO2/c1-10(8-9-15)14(16)11-2-4-12(5-3-11)17-13-6-7-13/h2-5,10,13H,6-9,15H2,1H3. The van der Waals surface area contributed by atoms with E-state index in [0.29, 0.717) is 12.6 Å². The lowest BCUT2D eigenvalue weighted by atomic mass is 9.96. The summed E-state index contributed by atoms with van der Waals surface area (Å²) in [6.45, 7) is 2.47. The van der Waals surface area contributed by atoms with E-state index in [1.165, 1.54) is 0 Å². The molecule has 1 aliphatic carbocycles. The second-order valence-electron chi connectivity index (χ2n) is 4.68. The molecule has 17 heavy (non-hydrogen) atoms. The van der Waals surface area contributed by atoms with E-state index in [9.17, 15) is 4.79 Å². The molecule has 1 atom stereocenters. The maximum Gasteiger partial charge on any atom is 0.165 e. The highest BCUT2D eigenvalue weighted by Gasteiger charge is 2.23. The smallest absolute Gasteiger partial charge is 0.165 e. The van der Waals surface area contributed by atoms with Gasteiger partial charge in [-0.3, -0.25) is 4.79 Å². The van der Waals surface area contributed by atoms with E-state index in [1.807, 2.05) is 31.2 Å². The van der Waals surface area contributed by atoms with Crippen LogP contribution >= 0.6 is 0 Å². The summed E-state index contributed by atoms with van der Waals surface area (Å²) in [5, 5.41) is 0. The fraction of sp³-hybridized carbons (Fsp3) is 0.500. The topological polar surface area (TPSA) is 52.3 Å². The van der Waals surface area contributed by atoms with Gasteiger partial charge in [0.15, 0.2) is 5.78 Å². The molecule has 1 saturated carbocycles. The number of carbonyl (C=O) groups is 1. The summed E-state index contributed by atoms with van der Waals surface area (Å²) >= 11 is 0. The maximum atomic E-state index is 12.0. The second kappa shape index (κ2) is 5.32. The fourth-order valence-electron chi connectivity index (χ4n) is 1.74. The first kappa shape index (κ1) is 12.1. The van der Waals surface area contributed by atoms with Crippen LogP contribution in [0.4, 0.5) is 0 Å². The molecule has 3 nitrogen and oxygen atoms in total. The van der Waals surface area contributed by atoms with Crippen LogP contribution in [0, 0.1) is 5.92 Å². The lowest BCUT2D eigenvalue weighted by Gasteiger charge is -2.10. The van der Waals surface area contributed by atoms with Crippen LogP contribution in [0.3, 0.4) is 0 Å². The van der Waals surface area contributed by atoms with E-state index < -0.39 is 0 Å². The Morgan fingerprint density at radius 1 is 1.41 bits per heavy atom. The Kier molecular flexibility index (Phi) is 3.79. The molecule has 0 aromatic heterocycles. The third-order valence-corrected chi connectivity index (χ3v) is 3.01. The minimum absolute atomic E-state index is 0.00444. The fourth-order valence-corrected chi connectivity index (χ4v) is 1.74. The minimum atomic E-state index is -0.00444. The predicted octanol–water partition coefficient (Wildman–Crippen LogP) is 2.40. The summed E-state index contributed by atoms with van der Waals surface area (Å²) in [5.41, 5.74) is 6.20. The predicted molar refractivity (Wildman–Crippen MR) is 67.3 cm³/mol. The van der Waals surface area contributed by atoms with E-state index in [0.717, 1.165) is 30.6 Å². The molecule has 92 valence electrons. The molecule has 2 N–H and O–H groups in total. The number of ether oxygens (including phenoxy) is 1. The van der Waals surface area contributed by atoms with Crippen molar-refractivity contribution in [2.24, 2.45) is 11.7 Å². The van der Waals surface area contributed by atoms with Gasteiger partial charge < -0.3 is 10.5 Å². The molecular formula is C14H19NO2. The average molecular weight is 233 g/mol. The van der Waals surface area contributed by atoms with Crippen LogP contribution < -0.4 is 10.5 Å². The molecule has 3 heteroatoms. The van der Waals surface area contributed by atoms with Crippen LogP contribution in [-0.2, 0) is 0 Å². The van der Waals surface area contributed by atoms with Crippen molar-refractivity contribution in [3.05, 3.63) is 29.8 Å². The molecule has 0 aliphatic heterocycles. The first-order chi connectivity index (χ1) is 8.20. The van der Waals surface area contributed by atoms with Crippen LogP contribution in [-0.4, -0.2) is 18.4 Å². The van der Waals surface area contributed by atoms with Crippen molar-refractivity contribution >= 4 is 5.78 Å². The van der Waals surface area contributed by atoms with Gasteiger partial charge in [0.2, 0.25) is 0 Å². The zero-order valence-electron chi connectivity index (χ0n) is 10.2. The Hall–Kier alpha value is -1.35. The molecule has 0 bridgehead atoms. The lowest BCUT2D eigenvalue weighted by molar-refractivity contribution is 0.0925. The number of carbonyl (C=O) groups excluding carboxylic acids is 1. The zero-order chi connectivity index (χ0) is 12.3. The van der Waals surface area contributed by atoms with Crippen LogP contribution in [0.25, 0.3) is 0 Å². The van der Waals surface area contributed by atoms with Gasteiger partial charge in [-0.05, 0) is 50.1 Å². The number of nitrogens with two attached hydrogens (primary N) is 1. The first-order valence-corrected chi connectivity index (χ1v) is 6.21. The molecule has 1 aromatic carbocycles. The maximum absolute atomic E-state index is 12.0. The molecule has 0 saturated heterocycles. The van der Waals surface area contributed by atoms with Crippen molar-refractivity contribution in [1.82, 2.24) is 0 Å². The minimum Gasteiger partial charge on any atom is -0.490 e. The molecule has 0 radical (unpaired) electrons. The Bertz CT molecular complexity index is 382. The number of hydrogen-bond donors (Lipinski definition) is 1. The zero-order valence-corrected chi connectivity index (χ0v) is 10.2. The van der Waals surface area contributed by atoms with Gasteiger partial charge in [-0.1, -0.05) is 6.92 Å². The van der Waals surface area contributed by atoms with Gasteiger partial charge >= 0.3 is 0 Å². The Balaban J connectivity index is 1.98. The highest BCUT2D eigenvalue weighted by atomic mass is 16.5. The van der Waals surface area contributed by atoms with E-state index in [4.69, 9.17) is 10.5 Å². The van der Waals surface area contributed by atoms with E-state index >= 15 is 0 Å². The van der Waals surface area contributed by atoms with E-state index in [2.05, 4.69) is 0 Å². The third-order valence-electron chi connectivity index (χ3n) is 3.01. The van der Waals surface area contributed by atoms with E-state index in [1.54, 1.807) is 0 Å². The van der Waals surface area contributed by atoms with Gasteiger partial charge in [0.05, 0.1) is 6.10 Å². The van der Waals surface area contributed by atoms with E-state index in [-0.39, 0.29) is 11.7 Å². The summed E-state index contributed by atoms with van der Waals surface area (Å²) in [4.78, 5) is 12.0. The van der Waals surface area contributed by atoms with Crippen molar-refractivity contribution in [2.45, 2.75) is 32.3 Å². The number of benzene rings is 1.